The van der Waals surface area contributed by atoms with Crippen molar-refractivity contribution in [1.29, 1.82) is 0 Å². The summed E-state index contributed by atoms with van der Waals surface area (Å²) < 4.78 is 11.3. The van der Waals surface area contributed by atoms with Crippen molar-refractivity contribution in [2.45, 2.75) is 38.0 Å². The van der Waals surface area contributed by atoms with Gasteiger partial charge in [0.2, 0.25) is 0 Å². The normalized spacial score (nSPS) is 20.9. The average molecular weight is 357 g/mol. The van der Waals surface area contributed by atoms with Gasteiger partial charge in [-0.2, -0.15) is 0 Å². The van der Waals surface area contributed by atoms with Gasteiger partial charge in [0.05, 0.1) is 12.5 Å². The van der Waals surface area contributed by atoms with Crippen molar-refractivity contribution in [2.24, 2.45) is 0 Å². The molecule has 6 heteroatoms. The minimum absolute atomic E-state index is 0.0907. The number of carbonyl (C=O) groups is 2. The van der Waals surface area contributed by atoms with Gasteiger partial charge < -0.3 is 19.5 Å². The third-order valence-corrected chi connectivity index (χ3v) is 4.80. The van der Waals surface area contributed by atoms with Gasteiger partial charge in [-0.15, -0.1) is 0 Å². The van der Waals surface area contributed by atoms with E-state index in [9.17, 15) is 9.59 Å². The summed E-state index contributed by atoms with van der Waals surface area (Å²) in [7, 11) is 1.58. The lowest BCUT2D eigenvalue weighted by molar-refractivity contribution is -0.142. The molecule has 26 heavy (non-hydrogen) atoms. The maximum atomic E-state index is 12.9. The lowest BCUT2D eigenvalue weighted by Crippen LogP contribution is -2.44. The fraction of sp³-hybridized carbons (Fsp3) is 0.400. The molecule has 1 heterocycles. The van der Waals surface area contributed by atoms with E-state index in [1.165, 1.54) is 0 Å². The average Bonchev–Trinajstić information content (AvgIpc) is 3.03. The Balaban J connectivity index is 1.76. The number of likely N-dealkylation sites (tertiary alicyclic amines) is 1. The number of ether oxygens (including phenoxy) is 2. The number of methoxy groups -OCH3 is 1. The molecule has 3 unspecified atom stereocenters. The van der Waals surface area contributed by atoms with Crippen molar-refractivity contribution in [3.05, 3.63) is 42.5 Å². The zero-order valence-electron chi connectivity index (χ0n) is 14.9. The Labute approximate surface area is 152 Å². The van der Waals surface area contributed by atoms with Crippen LogP contribution in [0.1, 0.15) is 19.8 Å². The van der Waals surface area contributed by atoms with Crippen molar-refractivity contribution in [2.75, 3.05) is 13.7 Å². The molecule has 1 N–H and O–H groups in total. The van der Waals surface area contributed by atoms with Crippen molar-refractivity contribution >= 4 is 22.6 Å². The van der Waals surface area contributed by atoms with E-state index >= 15 is 0 Å². The molecule has 3 atom stereocenters. The zero-order valence-corrected chi connectivity index (χ0v) is 14.9. The van der Waals surface area contributed by atoms with Gasteiger partial charge in [0.15, 0.2) is 6.10 Å². The number of amides is 1. The molecule has 1 saturated heterocycles. The summed E-state index contributed by atoms with van der Waals surface area (Å²) in [5, 5.41) is 11.1. The Hall–Kier alpha value is -2.60. The number of aliphatic carboxylic acids is 1. The fourth-order valence-corrected chi connectivity index (χ4v) is 3.48. The summed E-state index contributed by atoms with van der Waals surface area (Å²) in [5.74, 6) is -0.503. The van der Waals surface area contributed by atoms with Crippen LogP contribution < -0.4 is 4.74 Å². The van der Waals surface area contributed by atoms with Crippen LogP contribution in [0.2, 0.25) is 0 Å². The molecule has 1 aliphatic heterocycles. The molecule has 1 aliphatic rings. The van der Waals surface area contributed by atoms with Crippen molar-refractivity contribution < 1.29 is 24.2 Å². The molecule has 1 amide bonds. The minimum Gasteiger partial charge on any atom is -0.481 e. The number of carboxylic acid groups (broad SMARTS) is 1. The number of rotatable bonds is 6. The van der Waals surface area contributed by atoms with Gasteiger partial charge in [0, 0.05) is 25.1 Å². The van der Waals surface area contributed by atoms with Gasteiger partial charge in [-0.25, -0.2) is 0 Å². The molecule has 0 aliphatic carbocycles. The van der Waals surface area contributed by atoms with E-state index in [1.807, 2.05) is 42.5 Å². The van der Waals surface area contributed by atoms with Crippen LogP contribution in [-0.2, 0) is 14.3 Å². The Morgan fingerprint density at radius 1 is 1.23 bits per heavy atom. The maximum Gasteiger partial charge on any atom is 0.305 e. The first-order valence-electron chi connectivity index (χ1n) is 8.69. The third kappa shape index (κ3) is 3.80. The topological polar surface area (TPSA) is 76.1 Å². The maximum absolute atomic E-state index is 12.9. The van der Waals surface area contributed by atoms with E-state index in [2.05, 4.69) is 0 Å². The monoisotopic (exact) mass is 357 g/mol. The quantitative estimate of drug-likeness (QED) is 0.860. The van der Waals surface area contributed by atoms with E-state index in [1.54, 1.807) is 18.9 Å². The summed E-state index contributed by atoms with van der Waals surface area (Å²) in [6, 6.07) is 13.2. The second-order valence-corrected chi connectivity index (χ2v) is 6.57. The summed E-state index contributed by atoms with van der Waals surface area (Å²) in [4.78, 5) is 25.6. The van der Waals surface area contributed by atoms with E-state index in [0.717, 1.165) is 10.8 Å². The second-order valence-electron chi connectivity index (χ2n) is 6.57. The van der Waals surface area contributed by atoms with Gasteiger partial charge >= 0.3 is 5.97 Å². The molecule has 0 saturated carbocycles. The SMILES string of the molecule is COC1CC(CC(=O)O)N(C(=O)C(C)Oc2cccc3ccccc23)C1. The van der Waals surface area contributed by atoms with Crippen LogP contribution in [0.15, 0.2) is 42.5 Å². The van der Waals surface area contributed by atoms with Crippen molar-refractivity contribution in [1.82, 2.24) is 4.90 Å². The number of carbonyl (C=O) groups excluding carboxylic acids is 1. The third-order valence-electron chi connectivity index (χ3n) is 4.80. The van der Waals surface area contributed by atoms with Crippen LogP contribution >= 0.6 is 0 Å². The molecule has 0 spiro atoms. The highest BCUT2D eigenvalue weighted by Gasteiger charge is 2.38. The smallest absolute Gasteiger partial charge is 0.305 e. The largest absolute Gasteiger partial charge is 0.481 e. The molecule has 138 valence electrons. The molecular formula is C20H23NO5. The first-order chi connectivity index (χ1) is 12.5. The van der Waals surface area contributed by atoms with Gasteiger partial charge in [0.1, 0.15) is 5.75 Å². The van der Waals surface area contributed by atoms with Crippen LogP contribution in [0.25, 0.3) is 10.8 Å². The predicted octanol–water partition coefficient (Wildman–Crippen LogP) is 2.70. The number of nitrogens with zero attached hydrogens (tertiary/aromatic N) is 1. The molecule has 2 aromatic carbocycles. The van der Waals surface area contributed by atoms with E-state index in [0.29, 0.717) is 18.7 Å². The van der Waals surface area contributed by atoms with Crippen LogP contribution in [-0.4, -0.2) is 53.8 Å². The zero-order chi connectivity index (χ0) is 18.7. The van der Waals surface area contributed by atoms with E-state index < -0.39 is 12.1 Å². The number of hydrogen-bond donors (Lipinski definition) is 1. The summed E-state index contributed by atoms with van der Waals surface area (Å²) in [6.07, 6.45) is -0.428. The molecule has 0 aromatic heterocycles. The number of carboxylic acids is 1. The summed E-state index contributed by atoms with van der Waals surface area (Å²) >= 11 is 0. The van der Waals surface area contributed by atoms with Crippen molar-refractivity contribution in [3.63, 3.8) is 0 Å². The van der Waals surface area contributed by atoms with Gasteiger partial charge in [-0.3, -0.25) is 9.59 Å². The highest BCUT2D eigenvalue weighted by molar-refractivity contribution is 5.89. The molecule has 1 fully saturated rings. The van der Waals surface area contributed by atoms with E-state index in [-0.39, 0.29) is 24.5 Å². The molecule has 0 bridgehead atoms. The standard InChI is InChI=1S/C20H23NO5/c1-13(26-18-9-5-7-14-6-3-4-8-17(14)18)20(24)21-12-16(25-2)10-15(21)11-19(22)23/h3-9,13,15-16H,10-12H2,1-2H3,(H,22,23). The first-order valence-corrected chi connectivity index (χ1v) is 8.69. The Morgan fingerprint density at radius 3 is 2.69 bits per heavy atom. The Bertz CT molecular complexity index is 800. The van der Waals surface area contributed by atoms with Crippen LogP contribution in [0.4, 0.5) is 0 Å². The van der Waals surface area contributed by atoms with E-state index in [4.69, 9.17) is 14.6 Å². The van der Waals surface area contributed by atoms with Gasteiger partial charge in [-0.05, 0) is 24.8 Å². The second kappa shape index (κ2) is 7.74. The number of benzene rings is 2. The molecule has 3 rings (SSSR count). The van der Waals surface area contributed by atoms with Crippen LogP contribution in [0.3, 0.4) is 0 Å². The fourth-order valence-electron chi connectivity index (χ4n) is 3.48. The van der Waals surface area contributed by atoms with Crippen LogP contribution in [0, 0.1) is 0 Å². The highest BCUT2D eigenvalue weighted by Crippen LogP contribution is 2.28. The number of hydrogen-bond acceptors (Lipinski definition) is 4. The molecule has 6 nitrogen and oxygen atoms in total. The van der Waals surface area contributed by atoms with Gasteiger partial charge in [-0.1, -0.05) is 36.4 Å². The molecule has 2 aromatic rings. The Morgan fingerprint density at radius 2 is 1.96 bits per heavy atom. The summed E-state index contributed by atoms with van der Waals surface area (Å²) in [5.41, 5.74) is 0. The highest BCUT2D eigenvalue weighted by atomic mass is 16.5. The lowest BCUT2D eigenvalue weighted by atomic mass is 10.1. The molecule has 0 radical (unpaired) electrons. The lowest BCUT2D eigenvalue weighted by Gasteiger charge is -2.27. The number of fused-ring (bicyclic) bond motifs is 1. The first kappa shape index (κ1) is 18.2. The van der Waals surface area contributed by atoms with Crippen molar-refractivity contribution in [3.8, 4) is 5.75 Å². The predicted molar refractivity (Wildman–Crippen MR) is 97.2 cm³/mol. The minimum atomic E-state index is -0.924. The van der Waals surface area contributed by atoms with Gasteiger partial charge in [0.25, 0.3) is 5.91 Å². The summed E-state index contributed by atoms with van der Waals surface area (Å²) in [6.45, 7) is 2.08. The molecular weight excluding hydrogens is 334 g/mol. The Kier molecular flexibility index (Phi) is 5.42. The van der Waals surface area contributed by atoms with Crippen LogP contribution in [0.5, 0.6) is 5.75 Å².